The zero-order valence-electron chi connectivity index (χ0n) is 15.5. The third kappa shape index (κ3) is 4.56. The minimum absolute atomic E-state index is 0.257. The van der Waals surface area contributed by atoms with E-state index < -0.39 is 10.0 Å². The molecule has 27 heavy (non-hydrogen) atoms. The molecule has 1 aromatic carbocycles. The number of hydrogen-bond donors (Lipinski definition) is 2. The van der Waals surface area contributed by atoms with Crippen molar-refractivity contribution in [1.82, 2.24) is 10.3 Å². The summed E-state index contributed by atoms with van der Waals surface area (Å²) in [5.41, 5.74) is 2.05. The lowest BCUT2D eigenvalue weighted by Crippen LogP contribution is -2.46. The Morgan fingerprint density at radius 1 is 1.19 bits per heavy atom. The first-order chi connectivity index (χ1) is 12.8. The molecule has 3 rings (SSSR count). The van der Waals surface area contributed by atoms with Crippen molar-refractivity contribution in [3.63, 3.8) is 0 Å². The van der Waals surface area contributed by atoms with Gasteiger partial charge in [-0.15, -0.1) is 0 Å². The number of benzene rings is 1. The minimum Gasteiger partial charge on any atom is -0.351 e. The van der Waals surface area contributed by atoms with Crippen LogP contribution in [0.5, 0.6) is 0 Å². The molecule has 0 radical (unpaired) electrons. The molecule has 1 aliphatic rings. The van der Waals surface area contributed by atoms with E-state index in [2.05, 4.69) is 15.6 Å². The summed E-state index contributed by atoms with van der Waals surface area (Å²) >= 11 is 5.55. The molecule has 0 saturated heterocycles. The van der Waals surface area contributed by atoms with Gasteiger partial charge >= 0.3 is 0 Å². The standard InChI is InChI=1S/C19H24N4O2S2/c1-23(27(2,24)25)16-9-7-8-15(14-16)21-18(26)22-19(11-4-5-12-19)17-10-3-6-13-20-17/h3,6-10,13-14H,4-5,11-12H2,1-2H3,(H2,21,22,26). The maximum absolute atomic E-state index is 11.8. The molecule has 1 saturated carbocycles. The van der Waals surface area contributed by atoms with Crippen LogP contribution in [-0.2, 0) is 15.6 Å². The monoisotopic (exact) mass is 404 g/mol. The number of sulfonamides is 1. The maximum atomic E-state index is 11.8. The summed E-state index contributed by atoms with van der Waals surface area (Å²) < 4.78 is 24.7. The lowest BCUT2D eigenvalue weighted by molar-refractivity contribution is 0.396. The fourth-order valence-corrected chi connectivity index (χ4v) is 4.23. The molecule has 2 N–H and O–H groups in total. The van der Waals surface area contributed by atoms with Gasteiger partial charge < -0.3 is 10.6 Å². The van der Waals surface area contributed by atoms with Gasteiger partial charge in [-0.25, -0.2) is 8.42 Å². The first-order valence-corrected chi connectivity index (χ1v) is 11.1. The van der Waals surface area contributed by atoms with Gasteiger partial charge in [-0.1, -0.05) is 25.0 Å². The van der Waals surface area contributed by atoms with Gasteiger partial charge in [0.25, 0.3) is 0 Å². The molecular weight excluding hydrogens is 380 g/mol. The second kappa shape index (κ2) is 7.82. The zero-order valence-corrected chi connectivity index (χ0v) is 17.1. The Balaban J connectivity index is 1.76. The Kier molecular flexibility index (Phi) is 5.67. The molecule has 0 aliphatic heterocycles. The van der Waals surface area contributed by atoms with Gasteiger partial charge in [-0.05, 0) is 55.4 Å². The normalized spacial score (nSPS) is 15.9. The van der Waals surface area contributed by atoms with E-state index in [4.69, 9.17) is 12.2 Å². The molecule has 1 fully saturated rings. The highest BCUT2D eigenvalue weighted by atomic mass is 32.2. The maximum Gasteiger partial charge on any atom is 0.231 e. The smallest absolute Gasteiger partial charge is 0.231 e. The second-order valence-corrected chi connectivity index (χ2v) is 9.29. The first-order valence-electron chi connectivity index (χ1n) is 8.85. The van der Waals surface area contributed by atoms with Crippen molar-refractivity contribution in [1.29, 1.82) is 0 Å². The summed E-state index contributed by atoms with van der Waals surface area (Å²) in [6, 6.07) is 13.1. The summed E-state index contributed by atoms with van der Waals surface area (Å²) in [4.78, 5) is 4.53. The van der Waals surface area contributed by atoms with Crippen LogP contribution in [0.4, 0.5) is 11.4 Å². The third-order valence-electron chi connectivity index (χ3n) is 4.93. The van der Waals surface area contributed by atoms with Gasteiger partial charge in [0.15, 0.2) is 5.11 Å². The van der Waals surface area contributed by atoms with Crippen LogP contribution in [0.1, 0.15) is 31.4 Å². The molecule has 8 heteroatoms. The molecule has 2 aromatic rings. The van der Waals surface area contributed by atoms with Crippen LogP contribution in [0.25, 0.3) is 0 Å². The molecule has 0 spiro atoms. The van der Waals surface area contributed by atoms with E-state index >= 15 is 0 Å². The Labute approximate surface area is 166 Å². The largest absolute Gasteiger partial charge is 0.351 e. The molecule has 0 atom stereocenters. The quantitative estimate of drug-likeness (QED) is 0.746. The molecule has 0 unspecified atom stereocenters. The van der Waals surface area contributed by atoms with E-state index in [1.54, 1.807) is 24.4 Å². The molecular formula is C19H24N4O2S2. The number of hydrogen-bond acceptors (Lipinski definition) is 4. The summed E-state index contributed by atoms with van der Waals surface area (Å²) in [7, 11) is -1.79. The molecule has 1 aliphatic carbocycles. The molecule has 0 amide bonds. The fourth-order valence-electron chi connectivity index (χ4n) is 3.42. The Hall–Kier alpha value is -2.19. The predicted octanol–water partition coefficient (Wildman–Crippen LogP) is 3.23. The number of nitrogens with zero attached hydrogens (tertiary/aromatic N) is 2. The first kappa shape index (κ1) is 19.6. The van der Waals surface area contributed by atoms with Gasteiger partial charge in [-0.2, -0.15) is 0 Å². The lowest BCUT2D eigenvalue weighted by Gasteiger charge is -2.31. The summed E-state index contributed by atoms with van der Waals surface area (Å²) in [6.07, 6.45) is 7.18. The number of pyridine rings is 1. The van der Waals surface area contributed by atoms with Crippen LogP contribution in [0, 0.1) is 0 Å². The molecule has 1 heterocycles. The van der Waals surface area contributed by atoms with Crippen LogP contribution in [-0.4, -0.2) is 31.8 Å². The average molecular weight is 405 g/mol. The van der Waals surface area contributed by atoms with E-state index in [1.807, 2.05) is 24.3 Å². The van der Waals surface area contributed by atoms with Crippen LogP contribution in [0.3, 0.4) is 0 Å². The zero-order chi connectivity index (χ0) is 19.5. The number of rotatable bonds is 5. The highest BCUT2D eigenvalue weighted by Gasteiger charge is 2.37. The number of aromatic nitrogens is 1. The van der Waals surface area contributed by atoms with Gasteiger partial charge in [0.1, 0.15) is 0 Å². The van der Waals surface area contributed by atoms with Crippen LogP contribution in [0.15, 0.2) is 48.7 Å². The van der Waals surface area contributed by atoms with Crippen molar-refractivity contribution < 1.29 is 8.42 Å². The number of nitrogens with one attached hydrogen (secondary N) is 2. The van der Waals surface area contributed by atoms with Crippen molar-refractivity contribution >= 4 is 38.7 Å². The fraction of sp³-hybridized carbons (Fsp3) is 0.368. The molecule has 144 valence electrons. The van der Waals surface area contributed by atoms with E-state index in [1.165, 1.54) is 17.6 Å². The SMILES string of the molecule is CN(c1cccc(NC(=S)NC2(c3ccccn3)CCCC2)c1)S(C)(=O)=O. The van der Waals surface area contributed by atoms with E-state index in [-0.39, 0.29) is 5.54 Å². The van der Waals surface area contributed by atoms with E-state index in [0.29, 0.717) is 10.8 Å². The Morgan fingerprint density at radius 3 is 2.56 bits per heavy atom. The summed E-state index contributed by atoms with van der Waals surface area (Å²) in [5, 5.41) is 7.14. The van der Waals surface area contributed by atoms with Crippen LogP contribution in [0.2, 0.25) is 0 Å². The average Bonchev–Trinajstić information content (AvgIpc) is 3.11. The third-order valence-corrected chi connectivity index (χ3v) is 6.34. The van der Waals surface area contributed by atoms with Gasteiger partial charge in [0.05, 0.1) is 23.2 Å². The van der Waals surface area contributed by atoms with Gasteiger partial charge in [-0.3, -0.25) is 9.29 Å². The molecule has 0 bridgehead atoms. The Morgan fingerprint density at radius 2 is 1.93 bits per heavy atom. The topological polar surface area (TPSA) is 74.3 Å². The van der Waals surface area contributed by atoms with E-state index in [9.17, 15) is 8.42 Å². The molecule has 1 aromatic heterocycles. The van der Waals surface area contributed by atoms with E-state index in [0.717, 1.165) is 37.1 Å². The van der Waals surface area contributed by atoms with Crippen molar-refractivity contribution in [2.24, 2.45) is 0 Å². The molecule has 6 nitrogen and oxygen atoms in total. The predicted molar refractivity (Wildman–Crippen MR) is 113 cm³/mol. The van der Waals surface area contributed by atoms with Crippen molar-refractivity contribution in [3.8, 4) is 0 Å². The highest BCUT2D eigenvalue weighted by Crippen LogP contribution is 2.37. The number of anilines is 2. The van der Waals surface area contributed by atoms with Crippen molar-refractivity contribution in [2.45, 2.75) is 31.2 Å². The van der Waals surface area contributed by atoms with Gasteiger partial charge in [0, 0.05) is 18.9 Å². The van der Waals surface area contributed by atoms with Crippen LogP contribution < -0.4 is 14.9 Å². The lowest BCUT2D eigenvalue weighted by atomic mass is 9.93. The van der Waals surface area contributed by atoms with Crippen molar-refractivity contribution in [3.05, 3.63) is 54.4 Å². The summed E-state index contributed by atoms with van der Waals surface area (Å²) in [5.74, 6) is 0. The Bertz CT molecular complexity index is 910. The minimum atomic E-state index is -3.32. The number of thiocarbonyl (C=S) groups is 1. The van der Waals surface area contributed by atoms with Crippen LogP contribution >= 0.6 is 12.2 Å². The highest BCUT2D eigenvalue weighted by molar-refractivity contribution is 7.92. The van der Waals surface area contributed by atoms with Gasteiger partial charge in [0.2, 0.25) is 10.0 Å². The summed E-state index contributed by atoms with van der Waals surface area (Å²) in [6.45, 7) is 0. The second-order valence-electron chi connectivity index (χ2n) is 6.86. The van der Waals surface area contributed by atoms with Crippen molar-refractivity contribution in [2.75, 3.05) is 22.9 Å².